The van der Waals surface area contributed by atoms with E-state index in [2.05, 4.69) is 27.8 Å². The van der Waals surface area contributed by atoms with Crippen LogP contribution in [0.2, 0.25) is 0 Å². The van der Waals surface area contributed by atoms with Crippen molar-refractivity contribution in [2.45, 2.75) is 31.7 Å². The second-order valence-electron chi connectivity index (χ2n) is 6.21. The number of thiophene rings is 1. The maximum absolute atomic E-state index is 12.8. The Morgan fingerprint density at radius 1 is 1.40 bits per heavy atom. The van der Waals surface area contributed by atoms with Crippen LogP contribution >= 0.6 is 23.1 Å². The van der Waals surface area contributed by atoms with Gasteiger partial charge in [0.25, 0.3) is 5.91 Å². The Bertz CT molecular complexity index is 880. The van der Waals surface area contributed by atoms with Crippen molar-refractivity contribution in [3.05, 3.63) is 51.6 Å². The van der Waals surface area contributed by atoms with E-state index in [9.17, 15) is 4.79 Å². The SMILES string of the molecule is CSCCC(NC(=O)c1cc2c(s1)CCC2)c1nnc2ccccn12. The first-order valence-corrected chi connectivity index (χ1v) is 10.7. The van der Waals surface area contributed by atoms with Gasteiger partial charge in [-0.15, -0.1) is 21.5 Å². The van der Waals surface area contributed by atoms with Gasteiger partial charge in [-0.05, 0) is 61.5 Å². The van der Waals surface area contributed by atoms with Gasteiger partial charge in [0, 0.05) is 11.1 Å². The average Bonchev–Trinajstić information content (AvgIpc) is 3.32. The molecule has 3 heterocycles. The maximum Gasteiger partial charge on any atom is 0.261 e. The molecule has 130 valence electrons. The molecule has 0 radical (unpaired) electrons. The molecule has 0 aliphatic heterocycles. The van der Waals surface area contributed by atoms with Crippen molar-refractivity contribution < 1.29 is 4.79 Å². The highest BCUT2D eigenvalue weighted by molar-refractivity contribution is 7.98. The number of nitrogens with zero attached hydrogens (tertiary/aromatic N) is 3. The normalized spacial score (nSPS) is 14.6. The number of hydrogen-bond acceptors (Lipinski definition) is 5. The van der Waals surface area contributed by atoms with Crippen molar-refractivity contribution in [2.24, 2.45) is 0 Å². The Hall–Kier alpha value is -1.86. The molecule has 1 aliphatic carbocycles. The lowest BCUT2D eigenvalue weighted by molar-refractivity contribution is 0.0938. The van der Waals surface area contributed by atoms with Crippen LogP contribution in [0.1, 0.15) is 44.8 Å². The maximum atomic E-state index is 12.8. The molecular weight excluding hydrogens is 352 g/mol. The number of carbonyl (C=O) groups is 1. The standard InChI is InChI=1S/C18H20N4OS2/c1-24-10-8-13(17-21-20-16-7-2-3-9-22(16)17)19-18(23)15-11-12-5-4-6-14(12)25-15/h2-3,7,9,11,13H,4-6,8,10H2,1H3,(H,19,23). The van der Waals surface area contributed by atoms with Crippen molar-refractivity contribution >= 4 is 34.7 Å². The molecule has 1 unspecified atom stereocenters. The van der Waals surface area contributed by atoms with Crippen molar-refractivity contribution in [3.8, 4) is 0 Å². The highest BCUT2D eigenvalue weighted by atomic mass is 32.2. The quantitative estimate of drug-likeness (QED) is 0.719. The summed E-state index contributed by atoms with van der Waals surface area (Å²) >= 11 is 3.41. The van der Waals surface area contributed by atoms with Gasteiger partial charge in [-0.25, -0.2) is 0 Å². The van der Waals surface area contributed by atoms with Crippen molar-refractivity contribution in [2.75, 3.05) is 12.0 Å². The van der Waals surface area contributed by atoms with E-state index < -0.39 is 0 Å². The Labute approximate surface area is 154 Å². The van der Waals surface area contributed by atoms with E-state index in [-0.39, 0.29) is 11.9 Å². The fourth-order valence-corrected chi connectivity index (χ4v) is 4.90. The molecule has 1 atom stereocenters. The van der Waals surface area contributed by atoms with Gasteiger partial charge in [0.2, 0.25) is 0 Å². The molecule has 1 aliphatic rings. The average molecular weight is 373 g/mol. The van der Waals surface area contributed by atoms with Crippen LogP contribution in [0.15, 0.2) is 30.5 Å². The smallest absolute Gasteiger partial charge is 0.261 e. The lowest BCUT2D eigenvalue weighted by atomic mass is 10.2. The van der Waals surface area contributed by atoms with Gasteiger partial charge in [-0.1, -0.05) is 6.07 Å². The number of hydrogen-bond donors (Lipinski definition) is 1. The summed E-state index contributed by atoms with van der Waals surface area (Å²) in [6.45, 7) is 0. The number of amides is 1. The van der Waals surface area contributed by atoms with Crippen LogP contribution in [0.25, 0.3) is 5.65 Å². The van der Waals surface area contributed by atoms with Crippen LogP contribution in [0.5, 0.6) is 0 Å². The lowest BCUT2D eigenvalue weighted by Gasteiger charge is -2.16. The molecule has 3 aromatic rings. The van der Waals surface area contributed by atoms with Crippen LogP contribution < -0.4 is 5.32 Å². The van der Waals surface area contributed by atoms with Crippen LogP contribution in [-0.4, -0.2) is 32.5 Å². The zero-order chi connectivity index (χ0) is 17.2. The number of aryl methyl sites for hydroxylation is 2. The third-order valence-electron chi connectivity index (χ3n) is 4.54. The van der Waals surface area contributed by atoms with Crippen LogP contribution in [0.4, 0.5) is 0 Å². The van der Waals surface area contributed by atoms with Crippen molar-refractivity contribution in [1.29, 1.82) is 0 Å². The fraction of sp³-hybridized carbons (Fsp3) is 0.389. The molecule has 1 N–H and O–H groups in total. The summed E-state index contributed by atoms with van der Waals surface area (Å²) in [5, 5.41) is 11.7. The number of pyridine rings is 1. The molecule has 0 saturated heterocycles. The predicted molar refractivity (Wildman–Crippen MR) is 103 cm³/mol. The van der Waals surface area contributed by atoms with E-state index >= 15 is 0 Å². The van der Waals surface area contributed by atoms with E-state index in [0.29, 0.717) is 0 Å². The van der Waals surface area contributed by atoms with Gasteiger partial charge >= 0.3 is 0 Å². The first-order valence-electron chi connectivity index (χ1n) is 8.47. The summed E-state index contributed by atoms with van der Waals surface area (Å²) in [5.74, 6) is 1.74. The van der Waals surface area contributed by atoms with Crippen LogP contribution in [0.3, 0.4) is 0 Å². The first kappa shape index (κ1) is 16.6. The second-order valence-corrected chi connectivity index (χ2v) is 8.33. The number of nitrogens with one attached hydrogen (secondary N) is 1. The molecule has 0 bridgehead atoms. The predicted octanol–water partition coefficient (Wildman–Crippen LogP) is 3.50. The number of carbonyl (C=O) groups excluding carboxylic acids is 1. The van der Waals surface area contributed by atoms with Gasteiger partial charge in [0.05, 0.1) is 10.9 Å². The van der Waals surface area contributed by atoms with E-state index in [0.717, 1.165) is 41.4 Å². The van der Waals surface area contributed by atoms with Crippen molar-refractivity contribution in [3.63, 3.8) is 0 Å². The van der Waals surface area contributed by atoms with Crippen molar-refractivity contribution in [1.82, 2.24) is 19.9 Å². The summed E-state index contributed by atoms with van der Waals surface area (Å²) in [6, 6.07) is 7.74. The minimum Gasteiger partial charge on any atom is -0.341 e. The summed E-state index contributed by atoms with van der Waals surface area (Å²) in [4.78, 5) is 15.0. The van der Waals surface area contributed by atoms with Gasteiger partial charge in [-0.2, -0.15) is 11.8 Å². The van der Waals surface area contributed by atoms with E-state index in [1.54, 1.807) is 23.1 Å². The summed E-state index contributed by atoms with van der Waals surface area (Å²) in [7, 11) is 0. The molecule has 0 aromatic carbocycles. The first-order chi connectivity index (χ1) is 12.3. The Kier molecular flexibility index (Phi) is 4.76. The number of thioether (sulfide) groups is 1. The Balaban J connectivity index is 1.59. The van der Waals surface area contributed by atoms with E-state index in [1.165, 1.54) is 16.9 Å². The molecule has 0 fully saturated rings. The zero-order valence-corrected chi connectivity index (χ0v) is 15.7. The van der Waals surface area contributed by atoms with Gasteiger partial charge in [-0.3, -0.25) is 9.20 Å². The minimum atomic E-state index is -0.144. The number of rotatable bonds is 6. The minimum absolute atomic E-state index is 0.00168. The lowest BCUT2D eigenvalue weighted by Crippen LogP contribution is -2.30. The molecule has 4 rings (SSSR count). The highest BCUT2D eigenvalue weighted by Crippen LogP contribution is 2.31. The molecule has 5 nitrogen and oxygen atoms in total. The third kappa shape index (κ3) is 3.30. The van der Waals surface area contributed by atoms with Gasteiger partial charge in [0.15, 0.2) is 11.5 Å². The number of aromatic nitrogens is 3. The molecule has 1 amide bonds. The summed E-state index contributed by atoms with van der Waals surface area (Å²) < 4.78 is 1.96. The monoisotopic (exact) mass is 372 g/mol. The highest BCUT2D eigenvalue weighted by Gasteiger charge is 2.23. The van der Waals surface area contributed by atoms with Gasteiger partial charge in [0.1, 0.15) is 0 Å². The molecule has 0 spiro atoms. The number of fused-ring (bicyclic) bond motifs is 2. The van der Waals surface area contributed by atoms with Crippen LogP contribution in [0, 0.1) is 0 Å². The van der Waals surface area contributed by atoms with E-state index in [1.807, 2.05) is 28.8 Å². The fourth-order valence-electron chi connectivity index (χ4n) is 3.27. The summed E-state index contributed by atoms with van der Waals surface area (Å²) in [6.07, 6.45) is 8.27. The molecule has 25 heavy (non-hydrogen) atoms. The summed E-state index contributed by atoms with van der Waals surface area (Å²) in [5.41, 5.74) is 2.15. The largest absolute Gasteiger partial charge is 0.341 e. The van der Waals surface area contributed by atoms with Gasteiger partial charge < -0.3 is 5.32 Å². The zero-order valence-electron chi connectivity index (χ0n) is 14.1. The molecule has 0 saturated carbocycles. The molecule has 3 aromatic heterocycles. The molecular formula is C18H20N4OS2. The molecule has 7 heteroatoms. The second kappa shape index (κ2) is 7.17. The Morgan fingerprint density at radius 2 is 2.32 bits per heavy atom. The third-order valence-corrected chi connectivity index (χ3v) is 6.42. The van der Waals surface area contributed by atoms with Crippen LogP contribution in [-0.2, 0) is 12.8 Å². The Morgan fingerprint density at radius 3 is 3.16 bits per heavy atom. The van der Waals surface area contributed by atoms with E-state index in [4.69, 9.17) is 0 Å². The topological polar surface area (TPSA) is 59.3 Å².